The van der Waals surface area contributed by atoms with Crippen molar-refractivity contribution in [3.8, 4) is 0 Å². The van der Waals surface area contributed by atoms with Crippen LogP contribution >= 0.6 is 0 Å². The van der Waals surface area contributed by atoms with Crippen LogP contribution in [0, 0.1) is 0 Å². The molecule has 0 heterocycles. The molecule has 0 atom stereocenters. The predicted octanol–water partition coefficient (Wildman–Crippen LogP) is 13.9. The summed E-state index contributed by atoms with van der Waals surface area (Å²) >= 11 is 0. The molecule has 0 unspecified atom stereocenters. The SMILES string of the molecule is CCCCCCCCCCCCCC/C=C/CCCCCCCOC(=O)c1ccc(S(=O)(=O)[O-])cc1C(=O)OCCCCCCC/C=C/CCCCCCCCCCCCCC.[K+]. The van der Waals surface area contributed by atoms with Gasteiger partial charge >= 0.3 is 63.3 Å². The number of allylic oxidation sites excluding steroid dienone is 4. The van der Waals surface area contributed by atoms with Crippen LogP contribution in [0.15, 0.2) is 47.4 Å². The van der Waals surface area contributed by atoms with Crippen LogP contribution in [0.5, 0.6) is 0 Å². The Hall–Kier alpha value is -0.814. The van der Waals surface area contributed by atoms with Gasteiger partial charge in [0.15, 0.2) is 0 Å². The van der Waals surface area contributed by atoms with Gasteiger partial charge in [0.25, 0.3) is 0 Å². The zero-order chi connectivity index (χ0) is 45.0. The van der Waals surface area contributed by atoms with Crippen LogP contribution < -0.4 is 51.4 Å². The molecule has 0 aliphatic carbocycles. The molecule has 1 rings (SSSR count). The fourth-order valence-corrected chi connectivity index (χ4v) is 8.47. The standard InChI is InChI=1S/C54H94O7S.K/c1-3-5-7-9-11-13-15-17-19-21-23-25-27-29-31-33-35-37-39-41-43-47-60-53(55)51-46-45-50(62(57,58)59)49-52(51)54(56)61-48-44-42-40-38-36-34-32-30-28-26-24-22-20-18-16-14-12-10-8-6-4-2;/h29-32,45-46,49H,3-28,33-44,47-48H2,1-2H3,(H,57,58,59);/q;+1/p-1/b31-29+,32-30+;. The molecule has 0 N–H and O–H groups in total. The van der Waals surface area contributed by atoms with E-state index in [0.29, 0.717) is 12.8 Å². The minimum absolute atomic E-state index is 0. The van der Waals surface area contributed by atoms with Gasteiger partial charge in [0, 0.05) is 0 Å². The van der Waals surface area contributed by atoms with Gasteiger partial charge in [-0.3, -0.25) is 0 Å². The summed E-state index contributed by atoms with van der Waals surface area (Å²) in [6.45, 7) is 4.89. The van der Waals surface area contributed by atoms with E-state index < -0.39 is 27.0 Å². The number of hydrogen-bond donors (Lipinski definition) is 0. The molecular weight excluding hydrogens is 832 g/mol. The zero-order valence-corrected chi connectivity index (χ0v) is 45.0. The van der Waals surface area contributed by atoms with Gasteiger partial charge in [0.2, 0.25) is 0 Å². The van der Waals surface area contributed by atoms with E-state index in [2.05, 4.69) is 38.2 Å². The van der Waals surface area contributed by atoms with E-state index in [1.54, 1.807) is 0 Å². The fraction of sp³-hybridized carbons (Fsp3) is 0.778. The van der Waals surface area contributed by atoms with Crippen LogP contribution in [0.4, 0.5) is 0 Å². The number of esters is 2. The Balaban J connectivity index is 0.0000384. The Kier molecular flexibility index (Phi) is 45.7. The maximum absolute atomic E-state index is 13.0. The summed E-state index contributed by atoms with van der Waals surface area (Å²) in [7, 11) is -4.83. The number of benzene rings is 1. The van der Waals surface area contributed by atoms with Gasteiger partial charge in [-0.15, -0.1) is 0 Å². The van der Waals surface area contributed by atoms with Crippen LogP contribution in [0.3, 0.4) is 0 Å². The summed E-state index contributed by atoms with van der Waals surface area (Å²) in [4.78, 5) is 25.4. The predicted molar refractivity (Wildman–Crippen MR) is 260 cm³/mol. The molecule has 0 saturated carbocycles. The maximum atomic E-state index is 13.0. The van der Waals surface area contributed by atoms with Crippen LogP contribution in [-0.2, 0) is 19.6 Å². The van der Waals surface area contributed by atoms with Crippen molar-refractivity contribution in [2.24, 2.45) is 0 Å². The molecule has 0 aliphatic rings. The van der Waals surface area contributed by atoms with Crippen LogP contribution in [-0.4, -0.2) is 38.1 Å². The quantitative estimate of drug-likeness (QED) is 0.0211. The first-order chi connectivity index (χ1) is 30.3. The Bertz CT molecular complexity index is 1380. The topological polar surface area (TPSA) is 110 Å². The van der Waals surface area contributed by atoms with Gasteiger partial charge in [-0.1, -0.05) is 218 Å². The molecule has 0 saturated heterocycles. The third kappa shape index (κ3) is 38.9. The van der Waals surface area contributed by atoms with E-state index in [9.17, 15) is 22.6 Å². The third-order valence-corrected chi connectivity index (χ3v) is 12.8. The molecule has 0 spiro atoms. The van der Waals surface area contributed by atoms with Crippen molar-refractivity contribution >= 4 is 22.1 Å². The van der Waals surface area contributed by atoms with E-state index in [-0.39, 0.29) is 75.7 Å². The largest absolute Gasteiger partial charge is 1.00 e. The van der Waals surface area contributed by atoms with Gasteiger partial charge in [-0.2, -0.15) is 0 Å². The first-order valence-electron chi connectivity index (χ1n) is 26.0. The summed E-state index contributed by atoms with van der Waals surface area (Å²) in [5.74, 6) is -1.56. The minimum atomic E-state index is -4.83. The maximum Gasteiger partial charge on any atom is 1.00 e. The summed E-state index contributed by atoms with van der Waals surface area (Å²) < 4.78 is 46.0. The summed E-state index contributed by atoms with van der Waals surface area (Å²) in [5, 5.41) is 0. The average molecular weight is 925 g/mol. The summed E-state index contributed by atoms with van der Waals surface area (Å²) in [6, 6.07) is 3.14. The molecule has 1 aromatic rings. The van der Waals surface area contributed by atoms with E-state index in [4.69, 9.17) is 9.47 Å². The molecule has 7 nitrogen and oxygen atoms in total. The second-order valence-corrected chi connectivity index (χ2v) is 19.2. The summed E-state index contributed by atoms with van der Waals surface area (Å²) in [5.41, 5.74) is -0.349. The Morgan fingerprint density at radius 3 is 1.00 bits per heavy atom. The number of rotatable bonds is 45. The van der Waals surface area contributed by atoms with Crippen molar-refractivity contribution in [1.29, 1.82) is 0 Å². The molecule has 9 heteroatoms. The van der Waals surface area contributed by atoms with Crippen molar-refractivity contribution in [2.45, 2.75) is 263 Å². The molecule has 0 aliphatic heterocycles. The number of carbonyl (C=O) groups excluding carboxylic acids is 2. The normalized spacial score (nSPS) is 11.7. The van der Waals surface area contributed by atoms with Gasteiger partial charge in [0.1, 0.15) is 10.1 Å². The molecule has 63 heavy (non-hydrogen) atoms. The minimum Gasteiger partial charge on any atom is -0.744 e. The Morgan fingerprint density at radius 2 is 0.698 bits per heavy atom. The van der Waals surface area contributed by atoms with Gasteiger partial charge in [0.05, 0.1) is 29.2 Å². The van der Waals surface area contributed by atoms with Gasteiger partial charge in [-0.05, 0) is 82.4 Å². The van der Waals surface area contributed by atoms with Gasteiger partial charge < -0.3 is 14.0 Å². The summed E-state index contributed by atoms with van der Waals surface area (Å²) in [6.07, 6.45) is 56.6. The van der Waals surface area contributed by atoms with Crippen molar-refractivity contribution < 1.29 is 83.4 Å². The number of carbonyl (C=O) groups is 2. The zero-order valence-electron chi connectivity index (χ0n) is 41.1. The molecule has 0 amide bonds. The first-order valence-corrected chi connectivity index (χ1v) is 27.5. The van der Waals surface area contributed by atoms with Crippen molar-refractivity contribution in [1.82, 2.24) is 0 Å². The molecule has 1 aromatic carbocycles. The smallest absolute Gasteiger partial charge is 0.744 e. The number of hydrogen-bond acceptors (Lipinski definition) is 7. The van der Waals surface area contributed by atoms with E-state index in [0.717, 1.165) is 76.3 Å². The van der Waals surface area contributed by atoms with E-state index in [1.807, 2.05) is 0 Å². The molecule has 0 aromatic heterocycles. The Morgan fingerprint density at radius 1 is 0.429 bits per heavy atom. The van der Waals surface area contributed by atoms with Crippen molar-refractivity contribution in [3.63, 3.8) is 0 Å². The van der Waals surface area contributed by atoms with E-state index >= 15 is 0 Å². The van der Waals surface area contributed by atoms with Gasteiger partial charge in [-0.25, -0.2) is 18.0 Å². The van der Waals surface area contributed by atoms with E-state index in [1.165, 1.54) is 173 Å². The second-order valence-electron chi connectivity index (χ2n) is 17.8. The fourth-order valence-electron chi connectivity index (χ4n) is 7.98. The molecule has 0 radical (unpaired) electrons. The number of unbranched alkanes of at least 4 members (excludes halogenated alkanes) is 34. The molecule has 358 valence electrons. The number of ether oxygens (including phenoxy) is 2. The molecule has 0 fully saturated rings. The van der Waals surface area contributed by atoms with Crippen LogP contribution in [0.2, 0.25) is 0 Å². The first kappa shape index (κ1) is 62.2. The molecular formula is C54H93KO7S. The van der Waals surface area contributed by atoms with Crippen molar-refractivity contribution in [2.75, 3.05) is 13.2 Å². The Labute approximate surface area is 431 Å². The monoisotopic (exact) mass is 925 g/mol. The second kappa shape index (κ2) is 46.3. The molecule has 0 bridgehead atoms. The van der Waals surface area contributed by atoms with Crippen LogP contribution in [0.25, 0.3) is 0 Å². The average Bonchev–Trinajstić information content (AvgIpc) is 3.26. The van der Waals surface area contributed by atoms with Crippen LogP contribution in [0.1, 0.15) is 279 Å². The van der Waals surface area contributed by atoms with Crippen molar-refractivity contribution in [3.05, 3.63) is 53.6 Å². The third-order valence-electron chi connectivity index (χ3n) is 12.0.